The molecule has 2 N–H and O–H groups in total. The van der Waals surface area contributed by atoms with Crippen LogP contribution in [0.25, 0.3) is 0 Å². The predicted octanol–water partition coefficient (Wildman–Crippen LogP) is 6.72. The number of thiophene rings is 1. The highest BCUT2D eigenvalue weighted by Gasteiger charge is 2.29. The van der Waals surface area contributed by atoms with Gasteiger partial charge in [-0.3, -0.25) is 4.79 Å². The van der Waals surface area contributed by atoms with Gasteiger partial charge in [0.15, 0.2) is 5.76 Å². The molecule has 4 aromatic rings. The van der Waals surface area contributed by atoms with Crippen molar-refractivity contribution >= 4 is 39.7 Å². The first kappa shape index (κ1) is 20.8. The van der Waals surface area contributed by atoms with Crippen molar-refractivity contribution in [2.75, 3.05) is 10.6 Å². The molecule has 0 fully saturated rings. The van der Waals surface area contributed by atoms with E-state index in [1.165, 1.54) is 16.7 Å². The molecule has 0 saturated heterocycles. The number of anilines is 2. The minimum atomic E-state index is -0.252. The Hall–Kier alpha value is -3.09. The molecule has 0 unspecified atom stereocenters. The van der Waals surface area contributed by atoms with Gasteiger partial charge in [-0.05, 0) is 73.2 Å². The number of carbonyl (C=O) groups is 1. The van der Waals surface area contributed by atoms with E-state index >= 15 is 0 Å². The highest BCUT2D eigenvalue weighted by atomic mass is 35.5. The maximum absolute atomic E-state index is 12.9. The van der Waals surface area contributed by atoms with E-state index in [4.69, 9.17) is 16.0 Å². The summed E-state index contributed by atoms with van der Waals surface area (Å²) in [4.78, 5) is 18.7. The van der Waals surface area contributed by atoms with Gasteiger partial charge >= 0.3 is 0 Å². The smallest absolute Gasteiger partial charge is 0.291 e. The van der Waals surface area contributed by atoms with E-state index < -0.39 is 0 Å². The molecule has 1 aliphatic rings. The van der Waals surface area contributed by atoms with Crippen molar-refractivity contribution in [1.82, 2.24) is 4.98 Å². The molecule has 0 spiro atoms. The Bertz CT molecular complexity index is 1220. The number of pyridine rings is 1. The number of carbonyl (C=O) groups excluding carboxylic acids is 1. The van der Waals surface area contributed by atoms with Crippen LogP contribution in [0.5, 0.6) is 0 Å². The third-order valence-electron chi connectivity index (χ3n) is 5.61. The van der Waals surface area contributed by atoms with Crippen molar-refractivity contribution < 1.29 is 9.21 Å². The molecule has 3 heterocycles. The number of benzene rings is 1. The van der Waals surface area contributed by atoms with Gasteiger partial charge in [-0.2, -0.15) is 0 Å². The molecule has 0 bridgehead atoms. The molecular weight excluding hydrogens is 442 g/mol. The molecule has 1 aliphatic carbocycles. The van der Waals surface area contributed by atoms with Crippen LogP contribution in [-0.2, 0) is 12.8 Å². The van der Waals surface area contributed by atoms with Crippen LogP contribution in [0.15, 0.2) is 71.5 Å². The maximum atomic E-state index is 12.9. The second kappa shape index (κ2) is 9.18. The topological polar surface area (TPSA) is 67.2 Å². The molecule has 162 valence electrons. The van der Waals surface area contributed by atoms with Crippen molar-refractivity contribution in [3.63, 3.8) is 0 Å². The van der Waals surface area contributed by atoms with Crippen molar-refractivity contribution in [3.05, 3.63) is 99.4 Å². The lowest BCUT2D eigenvalue weighted by Gasteiger charge is -2.24. The van der Waals surface area contributed by atoms with Crippen LogP contribution in [0.1, 0.15) is 51.0 Å². The number of amides is 1. The summed E-state index contributed by atoms with van der Waals surface area (Å²) >= 11 is 8.02. The molecule has 0 saturated carbocycles. The van der Waals surface area contributed by atoms with Gasteiger partial charge in [0.2, 0.25) is 0 Å². The molecule has 1 amide bonds. The Morgan fingerprint density at radius 3 is 2.78 bits per heavy atom. The number of hydrogen-bond acceptors (Lipinski definition) is 5. The number of rotatable bonds is 6. The first-order chi connectivity index (χ1) is 15.7. The van der Waals surface area contributed by atoms with Crippen LogP contribution in [0.2, 0.25) is 5.02 Å². The fourth-order valence-corrected chi connectivity index (χ4v) is 5.69. The minimum absolute atomic E-state index is 0.214. The second-order valence-corrected chi connectivity index (χ2v) is 9.27. The molecular formula is C25H22ClN3O2S. The van der Waals surface area contributed by atoms with Gasteiger partial charge in [0, 0.05) is 21.7 Å². The van der Waals surface area contributed by atoms with E-state index in [1.807, 2.05) is 36.4 Å². The second-order valence-electron chi connectivity index (χ2n) is 7.73. The van der Waals surface area contributed by atoms with Crippen LogP contribution in [0, 0.1) is 0 Å². The highest BCUT2D eigenvalue weighted by molar-refractivity contribution is 7.16. The number of furan rings is 1. The zero-order valence-corrected chi connectivity index (χ0v) is 18.9. The Kier molecular flexibility index (Phi) is 5.97. The van der Waals surface area contributed by atoms with Crippen LogP contribution >= 0.6 is 22.9 Å². The molecule has 1 atom stereocenters. The lowest BCUT2D eigenvalue weighted by atomic mass is 9.89. The summed E-state index contributed by atoms with van der Waals surface area (Å²) in [5.74, 6) is 0.799. The van der Waals surface area contributed by atoms with Crippen molar-refractivity contribution in [3.8, 4) is 0 Å². The zero-order valence-electron chi connectivity index (χ0n) is 17.3. The first-order valence-electron chi connectivity index (χ1n) is 10.6. The number of hydrogen-bond donors (Lipinski definition) is 2. The van der Waals surface area contributed by atoms with E-state index in [2.05, 4.69) is 21.7 Å². The standard InChI is InChI=1S/C25H22ClN3O2S/c26-17-8-5-7-16(15-17)23(28-21-12-3-4-13-27-21)22-18-9-1-2-11-20(18)32-25(22)29-24(30)19-10-6-14-31-19/h3-8,10,12-15,23H,1-2,9,11H2,(H,27,28)(H,29,30)/t23-/m1/s1. The minimum Gasteiger partial charge on any atom is -0.459 e. The van der Waals surface area contributed by atoms with Gasteiger partial charge in [-0.15, -0.1) is 11.3 Å². The lowest BCUT2D eigenvalue weighted by Crippen LogP contribution is -2.18. The molecule has 0 aliphatic heterocycles. The normalized spacial score (nSPS) is 13.9. The predicted molar refractivity (Wildman–Crippen MR) is 129 cm³/mol. The number of fused-ring (bicyclic) bond motifs is 1. The number of aryl methyl sites for hydroxylation is 1. The fourth-order valence-electron chi connectivity index (χ4n) is 4.17. The average molecular weight is 464 g/mol. The highest BCUT2D eigenvalue weighted by Crippen LogP contribution is 2.44. The number of halogens is 1. The average Bonchev–Trinajstić information content (AvgIpc) is 3.46. The fraction of sp³-hybridized carbons (Fsp3) is 0.200. The Balaban J connectivity index is 1.62. The summed E-state index contributed by atoms with van der Waals surface area (Å²) < 4.78 is 5.32. The third kappa shape index (κ3) is 4.29. The van der Waals surface area contributed by atoms with Crippen LogP contribution in [0.3, 0.4) is 0 Å². The van der Waals surface area contributed by atoms with E-state index in [9.17, 15) is 4.79 Å². The molecule has 1 aromatic carbocycles. The SMILES string of the molecule is O=C(Nc1sc2c(c1[C@H](Nc1ccccn1)c1cccc(Cl)c1)CCCC2)c1ccco1. The third-order valence-corrected chi connectivity index (χ3v) is 7.07. The molecule has 7 heteroatoms. The lowest BCUT2D eigenvalue weighted by molar-refractivity contribution is 0.0997. The van der Waals surface area contributed by atoms with E-state index in [-0.39, 0.29) is 11.9 Å². The van der Waals surface area contributed by atoms with Crippen LogP contribution < -0.4 is 10.6 Å². The van der Waals surface area contributed by atoms with Gasteiger partial charge in [0.25, 0.3) is 5.91 Å². The molecule has 5 rings (SSSR count). The summed E-state index contributed by atoms with van der Waals surface area (Å²) in [5, 5.41) is 8.21. The van der Waals surface area contributed by atoms with Gasteiger partial charge in [-0.1, -0.05) is 29.8 Å². The van der Waals surface area contributed by atoms with Crippen LogP contribution in [-0.4, -0.2) is 10.9 Å². The largest absolute Gasteiger partial charge is 0.459 e. The van der Waals surface area contributed by atoms with Crippen molar-refractivity contribution in [2.24, 2.45) is 0 Å². The summed E-state index contributed by atoms with van der Waals surface area (Å²) in [6.45, 7) is 0. The van der Waals surface area contributed by atoms with E-state index in [1.54, 1.807) is 29.7 Å². The van der Waals surface area contributed by atoms with Gasteiger partial charge in [0.1, 0.15) is 10.8 Å². The molecule has 0 radical (unpaired) electrons. The summed E-state index contributed by atoms with van der Waals surface area (Å²) in [6, 6.07) is 16.8. The van der Waals surface area contributed by atoms with Crippen molar-refractivity contribution in [2.45, 2.75) is 31.7 Å². The maximum Gasteiger partial charge on any atom is 0.291 e. The summed E-state index contributed by atoms with van der Waals surface area (Å²) in [5.41, 5.74) is 3.41. The van der Waals surface area contributed by atoms with Gasteiger partial charge in [-0.25, -0.2) is 4.98 Å². The van der Waals surface area contributed by atoms with Gasteiger partial charge in [0.05, 0.1) is 12.3 Å². The number of nitrogens with one attached hydrogen (secondary N) is 2. The molecule has 32 heavy (non-hydrogen) atoms. The monoisotopic (exact) mass is 463 g/mol. The quantitative estimate of drug-likeness (QED) is 0.333. The summed E-state index contributed by atoms with van der Waals surface area (Å²) in [6.07, 6.45) is 7.57. The van der Waals surface area contributed by atoms with Gasteiger partial charge < -0.3 is 15.1 Å². The molecule has 5 nitrogen and oxygen atoms in total. The Labute approximate surface area is 195 Å². The van der Waals surface area contributed by atoms with E-state index in [0.29, 0.717) is 10.8 Å². The zero-order chi connectivity index (χ0) is 21.9. The number of nitrogens with zero attached hydrogens (tertiary/aromatic N) is 1. The Morgan fingerprint density at radius 1 is 1.09 bits per heavy atom. The number of aromatic nitrogens is 1. The first-order valence-corrected chi connectivity index (χ1v) is 11.8. The molecule has 3 aromatic heterocycles. The van der Waals surface area contributed by atoms with E-state index in [0.717, 1.165) is 47.6 Å². The summed E-state index contributed by atoms with van der Waals surface area (Å²) in [7, 11) is 0. The van der Waals surface area contributed by atoms with Crippen LogP contribution in [0.4, 0.5) is 10.8 Å². The Morgan fingerprint density at radius 2 is 2.00 bits per heavy atom. The van der Waals surface area contributed by atoms with Crippen molar-refractivity contribution in [1.29, 1.82) is 0 Å².